The molecule has 122 valence electrons. The maximum absolute atomic E-state index is 9.86. The Morgan fingerprint density at radius 1 is 1.14 bits per heavy atom. The predicted molar refractivity (Wildman–Crippen MR) is 85.4 cm³/mol. The number of rotatable bonds is 4. The van der Waals surface area contributed by atoms with Crippen molar-refractivity contribution in [3.8, 4) is 11.5 Å². The van der Waals surface area contributed by atoms with E-state index >= 15 is 0 Å². The average molecular weight is 306 g/mol. The van der Waals surface area contributed by atoms with Crippen LogP contribution in [0.15, 0.2) is 18.2 Å². The van der Waals surface area contributed by atoms with Crippen molar-refractivity contribution in [2.24, 2.45) is 0 Å². The van der Waals surface area contributed by atoms with Gasteiger partial charge in [-0.3, -0.25) is 9.80 Å². The van der Waals surface area contributed by atoms with Gasteiger partial charge in [-0.15, -0.1) is 0 Å². The topological polar surface area (TPSA) is 45.2 Å². The van der Waals surface area contributed by atoms with Crippen LogP contribution >= 0.6 is 0 Å². The summed E-state index contributed by atoms with van der Waals surface area (Å²) in [5.41, 5.74) is 1.23. The molecule has 1 aromatic rings. The number of ether oxygens (including phenoxy) is 2. The van der Waals surface area contributed by atoms with Crippen molar-refractivity contribution < 1.29 is 14.6 Å². The van der Waals surface area contributed by atoms with Gasteiger partial charge >= 0.3 is 0 Å². The van der Waals surface area contributed by atoms with E-state index < -0.39 is 0 Å². The molecule has 2 aliphatic heterocycles. The quantitative estimate of drug-likeness (QED) is 0.909. The second-order valence-electron chi connectivity index (χ2n) is 6.47. The van der Waals surface area contributed by atoms with Gasteiger partial charge in [0.15, 0.2) is 11.5 Å². The lowest BCUT2D eigenvalue weighted by Crippen LogP contribution is -2.54. The Morgan fingerprint density at radius 2 is 1.91 bits per heavy atom. The maximum Gasteiger partial charge on any atom is 0.161 e. The third kappa shape index (κ3) is 3.07. The van der Waals surface area contributed by atoms with Crippen LogP contribution in [0.1, 0.15) is 18.9 Å². The van der Waals surface area contributed by atoms with E-state index in [1.165, 1.54) is 5.56 Å². The summed E-state index contributed by atoms with van der Waals surface area (Å²) in [4.78, 5) is 4.93. The van der Waals surface area contributed by atoms with Gasteiger partial charge in [-0.2, -0.15) is 0 Å². The minimum atomic E-state index is -0.154. The number of nitrogens with zero attached hydrogens (tertiary/aromatic N) is 2. The molecule has 2 aliphatic rings. The zero-order valence-electron chi connectivity index (χ0n) is 13.7. The molecule has 2 heterocycles. The summed E-state index contributed by atoms with van der Waals surface area (Å²) in [6.45, 7) is 6.06. The van der Waals surface area contributed by atoms with Crippen molar-refractivity contribution in [3.63, 3.8) is 0 Å². The van der Waals surface area contributed by atoms with Gasteiger partial charge in [0.1, 0.15) is 0 Å². The van der Waals surface area contributed by atoms with Gasteiger partial charge < -0.3 is 14.6 Å². The summed E-state index contributed by atoms with van der Waals surface area (Å²) in [6.07, 6.45) is 0.744. The van der Waals surface area contributed by atoms with Crippen molar-refractivity contribution in [1.29, 1.82) is 0 Å². The number of hydrogen-bond donors (Lipinski definition) is 1. The third-order valence-corrected chi connectivity index (χ3v) is 4.91. The number of aliphatic hydroxyl groups excluding tert-OH is 1. The van der Waals surface area contributed by atoms with E-state index in [2.05, 4.69) is 28.9 Å². The summed E-state index contributed by atoms with van der Waals surface area (Å²) in [6, 6.07) is 7.11. The van der Waals surface area contributed by atoms with Gasteiger partial charge in [0, 0.05) is 38.3 Å². The molecule has 5 nitrogen and oxygen atoms in total. The number of methoxy groups -OCH3 is 2. The normalized spacial score (nSPS) is 29.4. The van der Waals surface area contributed by atoms with E-state index in [1.54, 1.807) is 14.2 Å². The average Bonchev–Trinajstić information content (AvgIpc) is 2.86. The second kappa shape index (κ2) is 6.44. The van der Waals surface area contributed by atoms with Crippen molar-refractivity contribution >= 4 is 0 Å². The molecule has 1 N–H and O–H groups in total. The molecule has 5 heteroatoms. The minimum absolute atomic E-state index is 0.154. The lowest BCUT2D eigenvalue weighted by molar-refractivity contribution is 0.0528. The molecule has 3 atom stereocenters. The first-order valence-electron chi connectivity index (χ1n) is 7.97. The highest BCUT2D eigenvalue weighted by Gasteiger charge is 2.37. The van der Waals surface area contributed by atoms with Crippen LogP contribution in [0, 0.1) is 0 Å². The van der Waals surface area contributed by atoms with Crippen LogP contribution in [-0.2, 0) is 6.54 Å². The first-order chi connectivity index (χ1) is 10.6. The van der Waals surface area contributed by atoms with Crippen molar-refractivity contribution in [2.75, 3.05) is 33.9 Å². The summed E-state index contributed by atoms with van der Waals surface area (Å²) in [5, 5.41) is 9.86. The highest BCUT2D eigenvalue weighted by Crippen LogP contribution is 2.30. The van der Waals surface area contributed by atoms with E-state index in [4.69, 9.17) is 9.47 Å². The van der Waals surface area contributed by atoms with Crippen LogP contribution in [-0.4, -0.2) is 66.9 Å². The van der Waals surface area contributed by atoms with Crippen LogP contribution < -0.4 is 9.47 Å². The third-order valence-electron chi connectivity index (χ3n) is 4.91. The number of fused-ring (bicyclic) bond motifs is 1. The van der Waals surface area contributed by atoms with Crippen molar-refractivity contribution in [3.05, 3.63) is 23.8 Å². The molecule has 22 heavy (non-hydrogen) atoms. The van der Waals surface area contributed by atoms with Gasteiger partial charge in [-0.25, -0.2) is 0 Å². The molecule has 3 rings (SSSR count). The molecule has 2 saturated heterocycles. The van der Waals surface area contributed by atoms with E-state index in [0.717, 1.165) is 44.1 Å². The minimum Gasteiger partial charge on any atom is -0.493 e. The molecule has 0 saturated carbocycles. The lowest BCUT2D eigenvalue weighted by atomic mass is 10.1. The van der Waals surface area contributed by atoms with Gasteiger partial charge in [-0.05, 0) is 31.0 Å². The first-order valence-corrected chi connectivity index (χ1v) is 7.97. The second-order valence-corrected chi connectivity index (χ2v) is 6.47. The smallest absolute Gasteiger partial charge is 0.161 e. The molecule has 0 aromatic heterocycles. The van der Waals surface area contributed by atoms with Crippen molar-refractivity contribution in [1.82, 2.24) is 9.80 Å². The fourth-order valence-electron chi connectivity index (χ4n) is 3.71. The number of piperazine rings is 1. The zero-order chi connectivity index (χ0) is 15.7. The Morgan fingerprint density at radius 3 is 2.64 bits per heavy atom. The van der Waals surface area contributed by atoms with Gasteiger partial charge in [-0.1, -0.05) is 6.07 Å². The van der Waals surface area contributed by atoms with Crippen LogP contribution in [0.5, 0.6) is 11.5 Å². The summed E-state index contributed by atoms with van der Waals surface area (Å²) >= 11 is 0. The first kappa shape index (κ1) is 15.6. The summed E-state index contributed by atoms with van der Waals surface area (Å²) in [5.74, 6) is 1.55. The molecule has 2 fully saturated rings. The largest absolute Gasteiger partial charge is 0.493 e. The van der Waals surface area contributed by atoms with E-state index in [-0.39, 0.29) is 6.10 Å². The zero-order valence-corrected chi connectivity index (χ0v) is 13.7. The molecule has 0 amide bonds. The van der Waals surface area contributed by atoms with Crippen LogP contribution in [0.4, 0.5) is 0 Å². The van der Waals surface area contributed by atoms with Crippen LogP contribution in [0.3, 0.4) is 0 Å². The van der Waals surface area contributed by atoms with Crippen molar-refractivity contribution in [2.45, 2.75) is 38.1 Å². The number of hydrogen-bond acceptors (Lipinski definition) is 5. The van der Waals surface area contributed by atoms with E-state index in [1.807, 2.05) is 6.07 Å². The molecule has 0 spiro atoms. The van der Waals surface area contributed by atoms with E-state index in [0.29, 0.717) is 12.1 Å². The monoisotopic (exact) mass is 306 g/mol. The predicted octanol–water partition coefficient (Wildman–Crippen LogP) is 1.34. The standard InChI is InChI=1S/C17H26N2O3/c1-12-8-19-11-15(20)7-14(19)10-18(12)9-13-4-5-16(21-2)17(6-13)22-3/h4-6,12,14-15,20H,7-11H2,1-3H3/t12-,14+,15+/m0/s1. The molecule has 0 bridgehead atoms. The Labute approximate surface area is 132 Å². The number of aliphatic hydroxyl groups is 1. The lowest BCUT2D eigenvalue weighted by Gasteiger charge is -2.42. The molecular formula is C17H26N2O3. The molecule has 0 unspecified atom stereocenters. The summed E-state index contributed by atoms with van der Waals surface area (Å²) in [7, 11) is 3.33. The Bertz CT molecular complexity index is 523. The fraction of sp³-hybridized carbons (Fsp3) is 0.647. The van der Waals surface area contributed by atoms with E-state index in [9.17, 15) is 5.11 Å². The number of benzene rings is 1. The molecule has 1 aromatic carbocycles. The van der Waals surface area contributed by atoms with Gasteiger partial charge in [0.2, 0.25) is 0 Å². The van der Waals surface area contributed by atoms with Crippen LogP contribution in [0.25, 0.3) is 0 Å². The SMILES string of the molecule is COc1ccc(CN2C[C@H]3C[C@@H](O)CN3C[C@@H]2C)cc1OC. The maximum atomic E-state index is 9.86. The molecule has 0 aliphatic carbocycles. The Kier molecular flexibility index (Phi) is 4.57. The highest BCUT2D eigenvalue weighted by molar-refractivity contribution is 5.42. The van der Waals surface area contributed by atoms with Crippen LogP contribution in [0.2, 0.25) is 0 Å². The molecular weight excluding hydrogens is 280 g/mol. The highest BCUT2D eigenvalue weighted by atomic mass is 16.5. The Balaban J connectivity index is 1.70. The fourth-order valence-corrected chi connectivity index (χ4v) is 3.71. The Hall–Kier alpha value is -1.30. The molecule has 0 radical (unpaired) electrons. The summed E-state index contributed by atoms with van der Waals surface area (Å²) < 4.78 is 10.7. The van der Waals surface area contributed by atoms with Gasteiger partial charge in [0.25, 0.3) is 0 Å². The van der Waals surface area contributed by atoms with Gasteiger partial charge in [0.05, 0.1) is 20.3 Å².